The van der Waals surface area contributed by atoms with Crippen LogP contribution in [0.15, 0.2) is 22.7 Å². The second kappa shape index (κ2) is 3.81. The first-order chi connectivity index (χ1) is 6.33. The summed E-state index contributed by atoms with van der Waals surface area (Å²) >= 11 is 3.67. The summed E-state index contributed by atoms with van der Waals surface area (Å²) in [6.07, 6.45) is 3.68. The van der Waals surface area contributed by atoms with Gasteiger partial charge in [-0.15, -0.1) is 0 Å². The molecule has 0 saturated heterocycles. The zero-order valence-electron chi connectivity index (χ0n) is 7.59. The van der Waals surface area contributed by atoms with Gasteiger partial charge in [0.05, 0.1) is 0 Å². The van der Waals surface area contributed by atoms with Gasteiger partial charge in [-0.05, 0) is 42.9 Å². The van der Waals surface area contributed by atoms with Crippen LogP contribution in [0.2, 0.25) is 0 Å². The van der Waals surface area contributed by atoms with Crippen molar-refractivity contribution in [1.29, 1.82) is 0 Å². The number of rotatable bonds is 3. The number of nitrogens with two attached hydrogens (primary N) is 1. The summed E-state index contributed by atoms with van der Waals surface area (Å²) in [6.45, 7) is 0.729. The van der Waals surface area contributed by atoms with E-state index < -0.39 is 0 Å². The summed E-state index contributed by atoms with van der Waals surface area (Å²) in [5, 5.41) is 0. The van der Waals surface area contributed by atoms with Gasteiger partial charge in [-0.3, -0.25) is 0 Å². The van der Waals surface area contributed by atoms with Crippen molar-refractivity contribution in [3.05, 3.63) is 33.8 Å². The van der Waals surface area contributed by atoms with Crippen LogP contribution in [0.3, 0.4) is 0 Å². The van der Waals surface area contributed by atoms with Crippen LogP contribution >= 0.6 is 15.9 Å². The maximum Gasteiger partial charge on any atom is 0.0242 e. The molecule has 1 nitrogen and oxygen atoms in total. The van der Waals surface area contributed by atoms with Crippen LogP contribution in [0.25, 0.3) is 0 Å². The van der Waals surface area contributed by atoms with Gasteiger partial charge in [0.15, 0.2) is 0 Å². The van der Waals surface area contributed by atoms with E-state index in [4.69, 9.17) is 5.73 Å². The zero-order chi connectivity index (χ0) is 9.26. The van der Waals surface area contributed by atoms with Crippen molar-refractivity contribution in [2.45, 2.75) is 25.2 Å². The molecule has 0 aromatic heterocycles. The predicted molar refractivity (Wildman–Crippen MR) is 58.9 cm³/mol. The molecule has 1 saturated carbocycles. The molecule has 70 valence electrons. The van der Waals surface area contributed by atoms with Crippen molar-refractivity contribution in [1.82, 2.24) is 0 Å². The third-order valence-corrected chi connectivity index (χ3v) is 3.51. The van der Waals surface area contributed by atoms with E-state index in [1.165, 1.54) is 28.4 Å². The summed E-state index contributed by atoms with van der Waals surface area (Å²) in [4.78, 5) is 0. The summed E-state index contributed by atoms with van der Waals surface area (Å²) in [5.74, 6) is 0.812. The van der Waals surface area contributed by atoms with Gasteiger partial charge in [-0.25, -0.2) is 0 Å². The van der Waals surface area contributed by atoms with Crippen LogP contribution < -0.4 is 5.73 Å². The smallest absolute Gasteiger partial charge is 0.0242 e. The standard InChI is InChI=1S/C11H14BrN/c12-11-9(6-7-13)2-1-3-10(11)8-4-5-8/h1-3,8H,4-7,13H2. The fourth-order valence-electron chi connectivity index (χ4n) is 1.66. The summed E-state index contributed by atoms with van der Waals surface area (Å²) in [6, 6.07) is 6.52. The van der Waals surface area contributed by atoms with Crippen LogP contribution in [0.5, 0.6) is 0 Å². The molecule has 2 heteroatoms. The van der Waals surface area contributed by atoms with Crippen LogP contribution in [0.1, 0.15) is 29.9 Å². The first-order valence-electron chi connectivity index (χ1n) is 4.80. The molecule has 0 heterocycles. The van der Waals surface area contributed by atoms with Gasteiger partial charge in [0, 0.05) is 4.47 Å². The molecule has 1 aliphatic rings. The number of hydrogen-bond acceptors (Lipinski definition) is 1. The minimum Gasteiger partial charge on any atom is -0.330 e. The predicted octanol–water partition coefficient (Wildman–Crippen LogP) is 2.83. The van der Waals surface area contributed by atoms with Crippen LogP contribution in [0.4, 0.5) is 0 Å². The maximum atomic E-state index is 5.55. The Balaban J connectivity index is 2.30. The molecule has 0 radical (unpaired) electrons. The van der Waals surface area contributed by atoms with E-state index in [1.54, 1.807) is 0 Å². The van der Waals surface area contributed by atoms with Crippen LogP contribution in [0, 0.1) is 0 Å². The van der Waals surface area contributed by atoms with E-state index in [2.05, 4.69) is 34.1 Å². The minimum absolute atomic E-state index is 0.729. The molecular formula is C11H14BrN. The average molecular weight is 240 g/mol. The third kappa shape index (κ3) is 1.94. The van der Waals surface area contributed by atoms with E-state index in [9.17, 15) is 0 Å². The fraction of sp³-hybridized carbons (Fsp3) is 0.455. The minimum atomic E-state index is 0.729. The van der Waals surface area contributed by atoms with Gasteiger partial charge in [-0.1, -0.05) is 34.1 Å². The second-order valence-electron chi connectivity index (χ2n) is 3.63. The molecule has 0 amide bonds. The lowest BCUT2D eigenvalue weighted by molar-refractivity contribution is 0.953. The van der Waals surface area contributed by atoms with Crippen LogP contribution in [-0.2, 0) is 6.42 Å². The lowest BCUT2D eigenvalue weighted by Gasteiger charge is -2.07. The quantitative estimate of drug-likeness (QED) is 0.863. The van der Waals surface area contributed by atoms with Gasteiger partial charge in [0.1, 0.15) is 0 Å². The van der Waals surface area contributed by atoms with Crippen molar-refractivity contribution in [2.75, 3.05) is 6.54 Å². The van der Waals surface area contributed by atoms with E-state index >= 15 is 0 Å². The van der Waals surface area contributed by atoms with Gasteiger partial charge in [-0.2, -0.15) is 0 Å². The Morgan fingerprint density at radius 1 is 1.38 bits per heavy atom. The number of hydrogen-bond donors (Lipinski definition) is 1. The number of benzene rings is 1. The molecule has 0 spiro atoms. The first kappa shape index (κ1) is 9.22. The monoisotopic (exact) mass is 239 g/mol. The summed E-state index contributed by atoms with van der Waals surface area (Å²) in [7, 11) is 0. The summed E-state index contributed by atoms with van der Waals surface area (Å²) < 4.78 is 1.29. The molecular weight excluding hydrogens is 226 g/mol. The molecule has 2 rings (SSSR count). The molecule has 0 atom stereocenters. The SMILES string of the molecule is NCCc1cccc(C2CC2)c1Br. The average Bonchev–Trinajstić information content (AvgIpc) is 2.92. The highest BCUT2D eigenvalue weighted by Gasteiger charge is 2.25. The van der Waals surface area contributed by atoms with Gasteiger partial charge < -0.3 is 5.73 Å². The topological polar surface area (TPSA) is 26.0 Å². The Hall–Kier alpha value is -0.340. The van der Waals surface area contributed by atoms with Crippen molar-refractivity contribution in [3.63, 3.8) is 0 Å². The van der Waals surface area contributed by atoms with E-state index in [-0.39, 0.29) is 0 Å². The van der Waals surface area contributed by atoms with Gasteiger partial charge in [0.2, 0.25) is 0 Å². The lowest BCUT2D eigenvalue weighted by Crippen LogP contribution is -2.03. The van der Waals surface area contributed by atoms with E-state index in [0.29, 0.717) is 0 Å². The van der Waals surface area contributed by atoms with Gasteiger partial charge in [0.25, 0.3) is 0 Å². The van der Waals surface area contributed by atoms with Crippen molar-refractivity contribution < 1.29 is 0 Å². The fourth-order valence-corrected chi connectivity index (χ4v) is 2.44. The normalized spacial score (nSPS) is 16.2. The Bertz CT molecular complexity index is 305. The molecule has 13 heavy (non-hydrogen) atoms. The zero-order valence-corrected chi connectivity index (χ0v) is 9.18. The Morgan fingerprint density at radius 3 is 2.77 bits per heavy atom. The first-order valence-corrected chi connectivity index (χ1v) is 5.59. The van der Waals surface area contributed by atoms with Crippen molar-refractivity contribution >= 4 is 15.9 Å². The van der Waals surface area contributed by atoms with Crippen molar-refractivity contribution in [3.8, 4) is 0 Å². The highest BCUT2D eigenvalue weighted by Crippen LogP contribution is 2.44. The van der Waals surface area contributed by atoms with Crippen molar-refractivity contribution in [2.24, 2.45) is 5.73 Å². The molecule has 1 aliphatic carbocycles. The Morgan fingerprint density at radius 2 is 2.15 bits per heavy atom. The van der Waals surface area contributed by atoms with E-state index in [0.717, 1.165) is 18.9 Å². The highest BCUT2D eigenvalue weighted by atomic mass is 79.9. The van der Waals surface area contributed by atoms with E-state index in [1.807, 2.05) is 0 Å². The maximum absolute atomic E-state index is 5.55. The highest BCUT2D eigenvalue weighted by molar-refractivity contribution is 9.10. The molecule has 0 aliphatic heterocycles. The van der Waals surface area contributed by atoms with Gasteiger partial charge >= 0.3 is 0 Å². The Labute approximate surface area is 87.5 Å². The Kier molecular flexibility index (Phi) is 2.70. The molecule has 1 aromatic carbocycles. The largest absolute Gasteiger partial charge is 0.330 e. The lowest BCUT2D eigenvalue weighted by atomic mass is 10.1. The molecule has 0 unspecified atom stereocenters. The third-order valence-electron chi connectivity index (χ3n) is 2.54. The molecule has 2 N–H and O–H groups in total. The molecule has 1 aromatic rings. The summed E-state index contributed by atoms with van der Waals surface area (Å²) in [5.41, 5.74) is 8.38. The molecule has 0 bridgehead atoms. The second-order valence-corrected chi connectivity index (χ2v) is 4.43. The van der Waals surface area contributed by atoms with Crippen LogP contribution in [-0.4, -0.2) is 6.54 Å². The molecule has 1 fully saturated rings. The number of halogens is 1.